The molecule has 1 amide bonds. The normalized spacial score (nSPS) is 21.1. The van der Waals surface area contributed by atoms with Crippen molar-refractivity contribution in [1.82, 2.24) is 14.6 Å². The molecule has 144 valence electrons. The van der Waals surface area contributed by atoms with Crippen LogP contribution in [0.5, 0.6) is 0 Å². The summed E-state index contributed by atoms with van der Waals surface area (Å²) < 4.78 is 28.4. The molecule has 1 aliphatic heterocycles. The molecule has 1 saturated carbocycles. The zero-order valence-electron chi connectivity index (χ0n) is 14.6. The van der Waals surface area contributed by atoms with Crippen LogP contribution in [0.4, 0.5) is 0 Å². The van der Waals surface area contributed by atoms with Crippen molar-refractivity contribution in [3.05, 3.63) is 34.1 Å². The van der Waals surface area contributed by atoms with Crippen LogP contribution in [0.1, 0.15) is 25.7 Å². The van der Waals surface area contributed by atoms with Crippen LogP contribution in [0, 0.1) is 5.92 Å². The van der Waals surface area contributed by atoms with E-state index in [1.165, 1.54) is 15.6 Å². The predicted molar refractivity (Wildman–Crippen MR) is 108 cm³/mol. The minimum atomic E-state index is -3.69. The number of nitrogens with one attached hydrogen (secondary N) is 1. The third kappa shape index (κ3) is 4.26. The van der Waals surface area contributed by atoms with E-state index in [4.69, 9.17) is 0 Å². The van der Waals surface area contributed by atoms with Crippen LogP contribution in [0.2, 0.25) is 0 Å². The average molecular weight is 470 g/mol. The maximum atomic E-state index is 13.0. The van der Waals surface area contributed by atoms with Crippen LogP contribution in [0.15, 0.2) is 39.1 Å². The lowest BCUT2D eigenvalue weighted by Crippen LogP contribution is -2.45. The standard InChI is InChI=1S/C18H20BrN3O3S2/c19-14-5-3-12(4-6-14)18-21-16(11-26-18)27(24,25)22-9-1-2-13(10-22)17(23)20-15-7-8-15/h3-6,11,13,15H,1-2,7-10H2,(H,20,23). The van der Waals surface area contributed by atoms with Crippen LogP contribution in [0.3, 0.4) is 0 Å². The van der Waals surface area contributed by atoms with E-state index in [-0.39, 0.29) is 29.4 Å². The second-order valence-corrected chi connectivity index (χ2v) is 10.6. The summed E-state index contributed by atoms with van der Waals surface area (Å²) in [4.78, 5) is 16.7. The number of rotatable bonds is 5. The van der Waals surface area contributed by atoms with Gasteiger partial charge in [0, 0.05) is 34.5 Å². The molecule has 1 aromatic heterocycles. The fraction of sp³-hybridized carbons (Fsp3) is 0.444. The number of piperidine rings is 1. The largest absolute Gasteiger partial charge is 0.353 e. The highest BCUT2D eigenvalue weighted by Crippen LogP contribution is 2.30. The molecular weight excluding hydrogens is 450 g/mol. The Morgan fingerprint density at radius 3 is 2.67 bits per heavy atom. The molecule has 1 aliphatic carbocycles. The molecule has 1 N–H and O–H groups in total. The first-order chi connectivity index (χ1) is 12.9. The van der Waals surface area contributed by atoms with E-state index >= 15 is 0 Å². The minimum absolute atomic E-state index is 0.0220. The van der Waals surface area contributed by atoms with E-state index in [0.29, 0.717) is 18.0 Å². The highest BCUT2D eigenvalue weighted by molar-refractivity contribution is 9.10. The van der Waals surface area contributed by atoms with E-state index in [9.17, 15) is 13.2 Å². The van der Waals surface area contributed by atoms with E-state index in [1.807, 2.05) is 24.3 Å². The molecule has 1 saturated heterocycles. The van der Waals surface area contributed by atoms with Gasteiger partial charge in [0.25, 0.3) is 10.0 Å². The van der Waals surface area contributed by atoms with Gasteiger partial charge in [-0.3, -0.25) is 4.79 Å². The van der Waals surface area contributed by atoms with Gasteiger partial charge in [-0.2, -0.15) is 4.31 Å². The molecule has 0 radical (unpaired) electrons. The number of halogens is 1. The van der Waals surface area contributed by atoms with Gasteiger partial charge in [0.15, 0.2) is 5.03 Å². The number of amides is 1. The summed E-state index contributed by atoms with van der Waals surface area (Å²) in [7, 11) is -3.69. The zero-order valence-corrected chi connectivity index (χ0v) is 17.8. The van der Waals surface area contributed by atoms with Gasteiger partial charge < -0.3 is 5.32 Å². The lowest BCUT2D eigenvalue weighted by molar-refractivity contribution is -0.126. The van der Waals surface area contributed by atoms with Crippen LogP contribution in [0.25, 0.3) is 10.6 Å². The molecule has 1 atom stereocenters. The van der Waals surface area contributed by atoms with E-state index in [2.05, 4.69) is 26.2 Å². The molecule has 6 nitrogen and oxygen atoms in total. The lowest BCUT2D eigenvalue weighted by atomic mass is 9.99. The van der Waals surface area contributed by atoms with Crippen molar-refractivity contribution in [1.29, 1.82) is 0 Å². The van der Waals surface area contributed by atoms with Crippen molar-refractivity contribution in [2.45, 2.75) is 36.8 Å². The number of hydrogen-bond donors (Lipinski definition) is 1. The van der Waals surface area contributed by atoms with E-state index in [1.54, 1.807) is 5.38 Å². The maximum absolute atomic E-state index is 13.0. The van der Waals surface area contributed by atoms with Gasteiger partial charge >= 0.3 is 0 Å². The smallest absolute Gasteiger partial charge is 0.261 e. The molecule has 1 aromatic carbocycles. The molecule has 2 aliphatic rings. The van der Waals surface area contributed by atoms with Crippen LogP contribution >= 0.6 is 27.3 Å². The first kappa shape index (κ1) is 19.0. The minimum Gasteiger partial charge on any atom is -0.353 e. The van der Waals surface area contributed by atoms with Crippen molar-refractivity contribution >= 4 is 43.2 Å². The summed E-state index contributed by atoms with van der Waals surface area (Å²) in [6, 6.07) is 7.89. The number of aromatic nitrogens is 1. The topological polar surface area (TPSA) is 79.4 Å². The van der Waals surface area contributed by atoms with E-state index < -0.39 is 10.0 Å². The van der Waals surface area contributed by atoms with Crippen molar-refractivity contribution < 1.29 is 13.2 Å². The Kier molecular flexibility index (Phi) is 5.37. The summed E-state index contributed by atoms with van der Waals surface area (Å²) in [5.41, 5.74) is 0.880. The van der Waals surface area contributed by atoms with Crippen molar-refractivity contribution in [3.8, 4) is 10.6 Å². The number of benzene rings is 1. The lowest BCUT2D eigenvalue weighted by Gasteiger charge is -2.30. The summed E-state index contributed by atoms with van der Waals surface area (Å²) >= 11 is 4.70. The molecule has 2 fully saturated rings. The van der Waals surface area contributed by atoms with Crippen LogP contribution in [-0.2, 0) is 14.8 Å². The maximum Gasteiger partial charge on any atom is 0.261 e. The Hall–Kier alpha value is -1.29. The Labute approximate surface area is 171 Å². The molecule has 0 bridgehead atoms. The average Bonchev–Trinajstić information content (AvgIpc) is 3.33. The quantitative estimate of drug-likeness (QED) is 0.728. The predicted octanol–water partition coefficient (Wildman–Crippen LogP) is 3.25. The summed E-state index contributed by atoms with van der Waals surface area (Å²) in [5, 5.41) is 5.30. The number of nitrogens with zero attached hydrogens (tertiary/aromatic N) is 2. The highest BCUT2D eigenvalue weighted by atomic mass is 79.9. The molecule has 2 heterocycles. The number of hydrogen-bond acceptors (Lipinski definition) is 5. The first-order valence-corrected chi connectivity index (χ1v) is 12.1. The van der Waals surface area contributed by atoms with Gasteiger partial charge in [0.05, 0.1) is 5.92 Å². The third-order valence-corrected chi connectivity index (χ3v) is 8.18. The summed E-state index contributed by atoms with van der Waals surface area (Å²) in [6.07, 6.45) is 3.47. The monoisotopic (exact) mass is 469 g/mol. The Morgan fingerprint density at radius 2 is 1.96 bits per heavy atom. The Bertz CT molecular complexity index is 939. The first-order valence-electron chi connectivity index (χ1n) is 8.95. The third-order valence-electron chi connectivity index (χ3n) is 4.86. The van der Waals surface area contributed by atoms with Gasteiger partial charge in [0.2, 0.25) is 5.91 Å². The number of sulfonamides is 1. The SMILES string of the molecule is O=C(NC1CC1)C1CCCN(S(=O)(=O)c2csc(-c3ccc(Br)cc3)n2)C1. The van der Waals surface area contributed by atoms with Crippen molar-refractivity contribution in [3.63, 3.8) is 0 Å². The molecule has 2 aromatic rings. The van der Waals surface area contributed by atoms with Gasteiger partial charge in [-0.15, -0.1) is 11.3 Å². The van der Waals surface area contributed by atoms with Gasteiger partial charge in [0.1, 0.15) is 5.01 Å². The van der Waals surface area contributed by atoms with Crippen LogP contribution < -0.4 is 5.32 Å². The summed E-state index contributed by atoms with van der Waals surface area (Å²) in [5.74, 6) is -0.301. The Balaban J connectivity index is 1.50. The molecule has 4 rings (SSSR count). The Morgan fingerprint density at radius 1 is 1.22 bits per heavy atom. The molecule has 9 heteroatoms. The van der Waals surface area contributed by atoms with Gasteiger partial charge in [-0.1, -0.05) is 28.1 Å². The fourth-order valence-corrected chi connectivity index (χ4v) is 6.01. The number of carbonyl (C=O) groups is 1. The molecule has 1 unspecified atom stereocenters. The highest BCUT2D eigenvalue weighted by Gasteiger charge is 2.36. The van der Waals surface area contributed by atoms with Gasteiger partial charge in [-0.25, -0.2) is 13.4 Å². The zero-order chi connectivity index (χ0) is 19.0. The fourth-order valence-electron chi connectivity index (χ4n) is 3.16. The second-order valence-electron chi connectivity index (χ2n) is 6.98. The summed E-state index contributed by atoms with van der Waals surface area (Å²) in [6.45, 7) is 0.659. The van der Waals surface area contributed by atoms with Crippen molar-refractivity contribution in [2.24, 2.45) is 5.92 Å². The van der Waals surface area contributed by atoms with Crippen molar-refractivity contribution in [2.75, 3.05) is 13.1 Å². The number of carbonyl (C=O) groups excluding carboxylic acids is 1. The van der Waals surface area contributed by atoms with Crippen LogP contribution in [-0.4, -0.2) is 42.7 Å². The number of thiazole rings is 1. The molecule has 27 heavy (non-hydrogen) atoms. The van der Waals surface area contributed by atoms with Gasteiger partial charge in [-0.05, 0) is 37.8 Å². The van der Waals surface area contributed by atoms with E-state index in [0.717, 1.165) is 29.3 Å². The second kappa shape index (κ2) is 7.62. The molecular formula is C18H20BrN3O3S2. The molecule has 0 spiro atoms.